The molecule has 0 spiro atoms. The number of rotatable bonds is 1. The van der Waals surface area contributed by atoms with Crippen molar-refractivity contribution in [3.8, 4) is 5.75 Å². The molecule has 2 N–H and O–H groups in total. The van der Waals surface area contributed by atoms with Crippen molar-refractivity contribution in [1.82, 2.24) is 15.3 Å². The number of aromatic nitrogens is 2. The van der Waals surface area contributed by atoms with Crippen LogP contribution >= 0.6 is 12.2 Å². The summed E-state index contributed by atoms with van der Waals surface area (Å²) in [6.45, 7) is 2.47. The zero-order chi connectivity index (χ0) is 14.2. The Bertz CT molecular complexity index is 741. The molecule has 4 nitrogen and oxygen atoms in total. The van der Waals surface area contributed by atoms with E-state index in [1.54, 1.807) is 0 Å². The van der Waals surface area contributed by atoms with Gasteiger partial charge in [0.15, 0.2) is 0 Å². The molecule has 3 heterocycles. The first-order chi connectivity index (χ1) is 10.3. The van der Waals surface area contributed by atoms with Gasteiger partial charge in [0.1, 0.15) is 16.2 Å². The summed E-state index contributed by atoms with van der Waals surface area (Å²) in [5, 5.41) is 3.34. The summed E-state index contributed by atoms with van der Waals surface area (Å²) in [5.74, 6) is 2.21. The van der Waals surface area contributed by atoms with Gasteiger partial charge >= 0.3 is 0 Å². The van der Waals surface area contributed by atoms with Gasteiger partial charge in [-0.25, -0.2) is 4.98 Å². The normalized spacial score (nSPS) is 20.3. The maximum atomic E-state index is 5.87. The third-order valence-corrected chi connectivity index (χ3v) is 4.58. The molecule has 108 valence electrons. The number of fused-ring (bicyclic) bond motifs is 2. The molecule has 1 atom stereocenters. The molecule has 0 radical (unpaired) electrons. The van der Waals surface area contributed by atoms with Gasteiger partial charge in [-0.2, -0.15) is 0 Å². The molecule has 1 aromatic heterocycles. The van der Waals surface area contributed by atoms with Gasteiger partial charge in [-0.15, -0.1) is 0 Å². The van der Waals surface area contributed by atoms with Gasteiger partial charge in [0.2, 0.25) is 0 Å². The van der Waals surface area contributed by atoms with Crippen LogP contribution in [0, 0.1) is 4.64 Å². The number of hydrogen-bond acceptors (Lipinski definition) is 4. The van der Waals surface area contributed by atoms with Crippen LogP contribution in [0.1, 0.15) is 28.6 Å². The SMILES string of the molecule is S=c1nc(C2COc3ccccc3C2)[nH]c2c1CNCC2. The number of benzene rings is 1. The van der Waals surface area contributed by atoms with Crippen molar-refractivity contribution in [1.29, 1.82) is 0 Å². The van der Waals surface area contributed by atoms with Gasteiger partial charge < -0.3 is 15.0 Å². The topological polar surface area (TPSA) is 49.9 Å². The van der Waals surface area contributed by atoms with E-state index in [0.717, 1.165) is 47.7 Å². The minimum Gasteiger partial charge on any atom is -0.493 e. The summed E-state index contributed by atoms with van der Waals surface area (Å²) in [6.07, 6.45) is 1.93. The summed E-state index contributed by atoms with van der Waals surface area (Å²) in [6, 6.07) is 8.22. The smallest absolute Gasteiger partial charge is 0.134 e. The van der Waals surface area contributed by atoms with Crippen LogP contribution in [0.5, 0.6) is 5.75 Å². The number of nitrogens with zero attached hydrogens (tertiary/aromatic N) is 1. The third kappa shape index (κ3) is 2.36. The Balaban J connectivity index is 1.69. The first-order valence-electron chi connectivity index (χ1n) is 7.34. The zero-order valence-electron chi connectivity index (χ0n) is 11.7. The fourth-order valence-corrected chi connectivity index (χ4v) is 3.38. The molecule has 0 saturated carbocycles. The maximum Gasteiger partial charge on any atom is 0.134 e. The predicted molar refractivity (Wildman–Crippen MR) is 83.2 cm³/mol. The Morgan fingerprint density at radius 3 is 3.14 bits per heavy atom. The van der Waals surface area contributed by atoms with E-state index in [9.17, 15) is 0 Å². The lowest BCUT2D eigenvalue weighted by atomic mass is 9.95. The molecule has 0 amide bonds. The van der Waals surface area contributed by atoms with Crippen molar-refractivity contribution in [3.63, 3.8) is 0 Å². The van der Waals surface area contributed by atoms with Crippen molar-refractivity contribution in [2.75, 3.05) is 13.2 Å². The molecule has 0 aliphatic carbocycles. The molecule has 4 rings (SSSR count). The molecule has 1 unspecified atom stereocenters. The van der Waals surface area contributed by atoms with E-state index in [1.165, 1.54) is 11.3 Å². The Hall–Kier alpha value is -1.72. The van der Waals surface area contributed by atoms with E-state index in [0.29, 0.717) is 6.61 Å². The fraction of sp³-hybridized carbons (Fsp3) is 0.375. The summed E-state index contributed by atoms with van der Waals surface area (Å²) in [7, 11) is 0. The van der Waals surface area contributed by atoms with Crippen molar-refractivity contribution >= 4 is 12.2 Å². The first kappa shape index (κ1) is 13.0. The maximum absolute atomic E-state index is 5.87. The van der Waals surface area contributed by atoms with Crippen LogP contribution in [0.25, 0.3) is 0 Å². The highest BCUT2D eigenvalue weighted by Crippen LogP contribution is 2.31. The van der Waals surface area contributed by atoms with Gasteiger partial charge in [0.05, 0.1) is 12.5 Å². The standard InChI is InChI=1S/C16H17N3OS/c21-16-12-8-17-6-5-13(12)18-15(19-16)11-7-10-3-1-2-4-14(10)20-9-11/h1-4,11,17H,5-9H2,(H,18,19,21). The minimum absolute atomic E-state index is 0.252. The van der Waals surface area contributed by atoms with Crippen LogP contribution in [-0.4, -0.2) is 23.1 Å². The summed E-state index contributed by atoms with van der Waals surface area (Å²) >= 11 is 5.46. The second kappa shape index (κ2) is 5.24. The van der Waals surface area contributed by atoms with E-state index in [1.807, 2.05) is 12.1 Å². The summed E-state index contributed by atoms with van der Waals surface area (Å²) in [4.78, 5) is 8.13. The van der Waals surface area contributed by atoms with Gasteiger partial charge in [-0.05, 0) is 18.1 Å². The monoisotopic (exact) mass is 299 g/mol. The largest absolute Gasteiger partial charge is 0.493 e. The molecule has 2 aliphatic heterocycles. The molecular formula is C16H17N3OS. The van der Waals surface area contributed by atoms with Gasteiger partial charge in [-0.1, -0.05) is 30.4 Å². The molecule has 21 heavy (non-hydrogen) atoms. The number of aromatic amines is 1. The molecule has 0 fully saturated rings. The average Bonchev–Trinajstić information content (AvgIpc) is 2.54. The van der Waals surface area contributed by atoms with E-state index in [4.69, 9.17) is 17.0 Å². The highest BCUT2D eigenvalue weighted by molar-refractivity contribution is 7.71. The van der Waals surface area contributed by atoms with Crippen molar-refractivity contribution in [3.05, 3.63) is 51.6 Å². The third-order valence-electron chi connectivity index (χ3n) is 4.24. The molecular weight excluding hydrogens is 282 g/mol. The van der Waals surface area contributed by atoms with E-state index in [2.05, 4.69) is 27.4 Å². The lowest BCUT2D eigenvalue weighted by Gasteiger charge is -2.26. The summed E-state index contributed by atoms with van der Waals surface area (Å²) < 4.78 is 6.59. The van der Waals surface area contributed by atoms with Gasteiger partial charge in [-0.3, -0.25) is 0 Å². The van der Waals surface area contributed by atoms with Crippen LogP contribution < -0.4 is 10.1 Å². The highest BCUT2D eigenvalue weighted by atomic mass is 32.1. The molecule has 5 heteroatoms. The quantitative estimate of drug-likeness (QED) is 0.794. The number of para-hydroxylation sites is 1. The lowest BCUT2D eigenvalue weighted by Crippen LogP contribution is -2.28. The van der Waals surface area contributed by atoms with E-state index >= 15 is 0 Å². The number of H-pyrrole nitrogens is 1. The van der Waals surface area contributed by atoms with E-state index in [-0.39, 0.29) is 5.92 Å². The van der Waals surface area contributed by atoms with Crippen LogP contribution in [0.4, 0.5) is 0 Å². The molecule has 0 bridgehead atoms. The Kier molecular flexibility index (Phi) is 3.24. The fourth-order valence-electron chi connectivity index (χ4n) is 3.08. The minimum atomic E-state index is 0.252. The van der Waals surface area contributed by atoms with Gasteiger partial charge in [0.25, 0.3) is 0 Å². The Morgan fingerprint density at radius 2 is 2.19 bits per heavy atom. The van der Waals surface area contributed by atoms with Crippen LogP contribution in [0.2, 0.25) is 0 Å². The van der Waals surface area contributed by atoms with E-state index < -0.39 is 0 Å². The zero-order valence-corrected chi connectivity index (χ0v) is 12.5. The van der Waals surface area contributed by atoms with Gasteiger partial charge in [0, 0.05) is 30.8 Å². The number of ether oxygens (including phenoxy) is 1. The van der Waals surface area contributed by atoms with Crippen molar-refractivity contribution in [2.24, 2.45) is 0 Å². The predicted octanol–water partition coefficient (Wildman–Crippen LogP) is 2.50. The second-order valence-electron chi connectivity index (χ2n) is 5.63. The second-order valence-corrected chi connectivity index (χ2v) is 6.02. The van der Waals surface area contributed by atoms with Crippen LogP contribution in [-0.2, 0) is 19.4 Å². The molecule has 1 aromatic carbocycles. The Labute approximate surface area is 128 Å². The average molecular weight is 299 g/mol. The number of nitrogens with one attached hydrogen (secondary N) is 2. The Morgan fingerprint density at radius 1 is 1.29 bits per heavy atom. The molecule has 2 aromatic rings. The van der Waals surface area contributed by atoms with Crippen LogP contribution in [0.3, 0.4) is 0 Å². The first-order valence-corrected chi connectivity index (χ1v) is 7.75. The molecule has 0 saturated heterocycles. The number of hydrogen-bond donors (Lipinski definition) is 2. The van der Waals surface area contributed by atoms with Crippen molar-refractivity contribution in [2.45, 2.75) is 25.3 Å². The summed E-state index contributed by atoms with van der Waals surface area (Å²) in [5.41, 5.74) is 3.63. The molecule has 2 aliphatic rings. The highest BCUT2D eigenvalue weighted by Gasteiger charge is 2.24. The lowest BCUT2D eigenvalue weighted by molar-refractivity contribution is 0.257. The van der Waals surface area contributed by atoms with Crippen LogP contribution in [0.15, 0.2) is 24.3 Å². The van der Waals surface area contributed by atoms with Crippen molar-refractivity contribution < 1.29 is 4.74 Å².